The second-order valence-corrected chi connectivity index (χ2v) is 6.14. The zero-order valence-electron chi connectivity index (χ0n) is 12.3. The molecule has 0 unspecified atom stereocenters. The van der Waals surface area contributed by atoms with Crippen molar-refractivity contribution < 1.29 is 9.72 Å². The van der Waals surface area contributed by atoms with Crippen molar-refractivity contribution in [2.75, 3.05) is 32.0 Å². The van der Waals surface area contributed by atoms with Crippen LogP contribution in [0.4, 0.5) is 11.4 Å². The SMILES string of the molecule is CNC(=O)CN1CCC(Nc2ccc([N+](=O)[O-])cc2Br)CC1. The minimum absolute atomic E-state index is 0.0320. The van der Waals surface area contributed by atoms with Gasteiger partial charge in [-0.1, -0.05) is 0 Å². The first-order chi connectivity index (χ1) is 10.5. The molecule has 0 aliphatic carbocycles. The molecule has 0 spiro atoms. The Morgan fingerprint density at radius 2 is 2.14 bits per heavy atom. The smallest absolute Gasteiger partial charge is 0.270 e. The van der Waals surface area contributed by atoms with E-state index in [1.165, 1.54) is 12.1 Å². The topological polar surface area (TPSA) is 87.5 Å². The number of nitro benzene ring substituents is 1. The summed E-state index contributed by atoms with van der Waals surface area (Å²) in [6.45, 7) is 2.15. The van der Waals surface area contributed by atoms with Crippen molar-refractivity contribution in [3.05, 3.63) is 32.8 Å². The van der Waals surface area contributed by atoms with E-state index in [2.05, 4.69) is 31.5 Å². The molecule has 1 saturated heterocycles. The van der Waals surface area contributed by atoms with E-state index in [0.29, 0.717) is 17.1 Å². The first-order valence-electron chi connectivity index (χ1n) is 7.13. The fourth-order valence-electron chi connectivity index (χ4n) is 2.47. The largest absolute Gasteiger partial charge is 0.381 e. The van der Waals surface area contributed by atoms with Crippen LogP contribution in [0.3, 0.4) is 0 Å². The van der Waals surface area contributed by atoms with E-state index in [-0.39, 0.29) is 11.6 Å². The molecule has 1 heterocycles. The van der Waals surface area contributed by atoms with Gasteiger partial charge in [-0.05, 0) is 34.8 Å². The Morgan fingerprint density at radius 3 is 2.68 bits per heavy atom. The summed E-state index contributed by atoms with van der Waals surface area (Å²) in [6, 6.07) is 5.02. The molecule has 1 aliphatic heterocycles. The van der Waals surface area contributed by atoms with E-state index in [4.69, 9.17) is 0 Å². The molecule has 8 heteroatoms. The quantitative estimate of drug-likeness (QED) is 0.611. The highest BCUT2D eigenvalue weighted by Gasteiger charge is 2.21. The molecule has 0 bridgehead atoms. The number of hydrogen-bond donors (Lipinski definition) is 2. The molecular weight excluding hydrogens is 352 g/mol. The average molecular weight is 371 g/mol. The van der Waals surface area contributed by atoms with Gasteiger partial charge in [-0.3, -0.25) is 19.8 Å². The summed E-state index contributed by atoms with van der Waals surface area (Å²) in [6.07, 6.45) is 1.86. The van der Waals surface area contributed by atoms with Gasteiger partial charge in [0.05, 0.1) is 11.5 Å². The molecule has 120 valence electrons. The molecule has 0 radical (unpaired) electrons. The van der Waals surface area contributed by atoms with Gasteiger partial charge in [-0.2, -0.15) is 0 Å². The van der Waals surface area contributed by atoms with Crippen molar-refractivity contribution in [3.63, 3.8) is 0 Å². The van der Waals surface area contributed by atoms with Gasteiger partial charge in [-0.25, -0.2) is 0 Å². The number of carbonyl (C=O) groups is 1. The highest BCUT2D eigenvalue weighted by Crippen LogP contribution is 2.28. The fraction of sp³-hybridized carbons (Fsp3) is 0.500. The zero-order valence-corrected chi connectivity index (χ0v) is 13.9. The third-order valence-electron chi connectivity index (χ3n) is 3.76. The second kappa shape index (κ2) is 7.55. The van der Waals surface area contributed by atoms with Gasteiger partial charge < -0.3 is 10.6 Å². The van der Waals surface area contributed by atoms with Crippen LogP contribution >= 0.6 is 15.9 Å². The summed E-state index contributed by atoms with van der Waals surface area (Å²) in [4.78, 5) is 23.8. The molecule has 1 aliphatic rings. The van der Waals surface area contributed by atoms with Crippen molar-refractivity contribution >= 4 is 33.2 Å². The maximum Gasteiger partial charge on any atom is 0.270 e. The number of rotatable bonds is 5. The van der Waals surface area contributed by atoms with Crippen LogP contribution in [-0.4, -0.2) is 48.5 Å². The number of anilines is 1. The fourth-order valence-corrected chi connectivity index (χ4v) is 2.95. The highest BCUT2D eigenvalue weighted by molar-refractivity contribution is 9.10. The molecule has 2 N–H and O–H groups in total. The predicted molar refractivity (Wildman–Crippen MR) is 87.9 cm³/mol. The Hall–Kier alpha value is -1.67. The number of piperidine rings is 1. The lowest BCUT2D eigenvalue weighted by Gasteiger charge is -2.32. The number of likely N-dealkylation sites (tertiary alicyclic amines) is 1. The second-order valence-electron chi connectivity index (χ2n) is 5.29. The summed E-state index contributed by atoms with van der Waals surface area (Å²) in [7, 11) is 1.64. The average Bonchev–Trinajstić information content (AvgIpc) is 2.50. The lowest BCUT2D eigenvalue weighted by atomic mass is 10.0. The molecule has 1 amide bonds. The normalized spacial score (nSPS) is 16.3. The predicted octanol–water partition coefficient (Wildman–Crippen LogP) is 1.98. The Bertz CT molecular complexity index is 559. The van der Waals surface area contributed by atoms with Crippen LogP contribution in [0.2, 0.25) is 0 Å². The molecular formula is C14H19BrN4O3. The number of benzene rings is 1. The lowest BCUT2D eigenvalue weighted by molar-refractivity contribution is -0.384. The number of non-ortho nitro benzene ring substituents is 1. The number of nitrogens with zero attached hydrogens (tertiary/aromatic N) is 2. The van der Waals surface area contributed by atoms with Gasteiger partial charge >= 0.3 is 0 Å². The minimum Gasteiger partial charge on any atom is -0.381 e. The summed E-state index contributed by atoms with van der Waals surface area (Å²) < 4.78 is 0.689. The van der Waals surface area contributed by atoms with Crippen molar-refractivity contribution in [2.24, 2.45) is 0 Å². The van der Waals surface area contributed by atoms with Crippen molar-refractivity contribution in [1.82, 2.24) is 10.2 Å². The van der Waals surface area contributed by atoms with Crippen molar-refractivity contribution in [1.29, 1.82) is 0 Å². The molecule has 2 rings (SSSR count). The van der Waals surface area contributed by atoms with Crippen molar-refractivity contribution in [2.45, 2.75) is 18.9 Å². The van der Waals surface area contributed by atoms with Crippen LogP contribution in [-0.2, 0) is 4.79 Å². The number of halogens is 1. The number of nitro groups is 1. The van der Waals surface area contributed by atoms with Gasteiger partial charge in [0.2, 0.25) is 5.91 Å². The maximum absolute atomic E-state index is 11.4. The first kappa shape index (κ1) is 16.7. The van der Waals surface area contributed by atoms with E-state index in [0.717, 1.165) is 31.6 Å². The van der Waals surface area contributed by atoms with Crippen LogP contribution in [0.1, 0.15) is 12.8 Å². The molecule has 22 heavy (non-hydrogen) atoms. The van der Waals surface area contributed by atoms with Crippen LogP contribution in [0.5, 0.6) is 0 Å². The number of amides is 1. The maximum atomic E-state index is 11.4. The molecule has 1 aromatic carbocycles. The van der Waals surface area contributed by atoms with Crippen molar-refractivity contribution in [3.8, 4) is 0 Å². The van der Waals surface area contributed by atoms with Crippen LogP contribution in [0, 0.1) is 10.1 Å². The molecule has 0 saturated carbocycles. The number of likely N-dealkylation sites (N-methyl/N-ethyl adjacent to an activating group) is 1. The number of carbonyl (C=O) groups excluding carboxylic acids is 1. The molecule has 7 nitrogen and oxygen atoms in total. The number of hydrogen-bond acceptors (Lipinski definition) is 5. The van der Waals surface area contributed by atoms with Gasteiger partial charge in [0.1, 0.15) is 0 Å². The van der Waals surface area contributed by atoms with E-state index in [1.54, 1.807) is 13.1 Å². The molecule has 0 atom stereocenters. The van der Waals surface area contributed by atoms with E-state index >= 15 is 0 Å². The van der Waals surface area contributed by atoms with E-state index in [9.17, 15) is 14.9 Å². The first-order valence-corrected chi connectivity index (χ1v) is 7.92. The van der Waals surface area contributed by atoms with Crippen LogP contribution in [0.25, 0.3) is 0 Å². The van der Waals surface area contributed by atoms with Crippen LogP contribution in [0.15, 0.2) is 22.7 Å². The summed E-state index contributed by atoms with van der Waals surface area (Å²) in [5.74, 6) is 0.0320. The Morgan fingerprint density at radius 1 is 1.45 bits per heavy atom. The van der Waals surface area contributed by atoms with Crippen LogP contribution < -0.4 is 10.6 Å². The van der Waals surface area contributed by atoms with Gasteiger partial charge in [0.25, 0.3) is 5.69 Å². The zero-order chi connectivity index (χ0) is 16.1. The monoisotopic (exact) mass is 370 g/mol. The summed E-state index contributed by atoms with van der Waals surface area (Å²) in [5.41, 5.74) is 0.924. The van der Waals surface area contributed by atoms with Gasteiger partial charge in [0.15, 0.2) is 0 Å². The Kier molecular flexibility index (Phi) is 5.73. The summed E-state index contributed by atoms with van der Waals surface area (Å²) in [5, 5.41) is 16.8. The molecule has 1 aromatic rings. The Balaban J connectivity index is 1.88. The highest BCUT2D eigenvalue weighted by atomic mass is 79.9. The minimum atomic E-state index is -0.411. The van der Waals surface area contributed by atoms with E-state index in [1.807, 2.05) is 0 Å². The van der Waals surface area contributed by atoms with E-state index < -0.39 is 4.92 Å². The van der Waals surface area contributed by atoms with Gasteiger partial charge in [-0.15, -0.1) is 0 Å². The van der Waals surface area contributed by atoms with Gasteiger partial charge in [0, 0.05) is 48.5 Å². The lowest BCUT2D eigenvalue weighted by Crippen LogP contribution is -2.43. The third-order valence-corrected chi connectivity index (χ3v) is 4.41. The third kappa shape index (κ3) is 4.41. The summed E-state index contributed by atoms with van der Waals surface area (Å²) >= 11 is 3.37. The number of nitrogens with one attached hydrogen (secondary N) is 2. The standard InChI is InChI=1S/C14H19BrN4O3/c1-16-14(20)9-18-6-4-10(5-7-18)17-13-3-2-11(19(21)22)8-12(13)15/h2-3,8,10,17H,4-7,9H2,1H3,(H,16,20). The molecule has 1 fully saturated rings. The molecule has 0 aromatic heterocycles. The Labute approximate surface area is 137 Å².